The summed E-state index contributed by atoms with van der Waals surface area (Å²) in [5, 5.41) is 11.4. The number of rotatable bonds is 3. The second-order valence-corrected chi connectivity index (χ2v) is 5.63. The molecule has 0 aromatic carbocycles. The van der Waals surface area contributed by atoms with Crippen LogP contribution in [-0.4, -0.2) is 32.9 Å². The van der Waals surface area contributed by atoms with E-state index < -0.39 is 0 Å². The fourth-order valence-electron chi connectivity index (χ4n) is 3.34. The van der Waals surface area contributed by atoms with E-state index in [-0.39, 0.29) is 11.8 Å². The average molecular weight is 248 g/mol. The highest BCUT2D eigenvalue weighted by Crippen LogP contribution is 2.33. The van der Waals surface area contributed by atoms with Gasteiger partial charge in [0.2, 0.25) is 0 Å². The van der Waals surface area contributed by atoms with Crippen molar-refractivity contribution in [3.63, 3.8) is 0 Å². The van der Waals surface area contributed by atoms with Crippen LogP contribution in [0.15, 0.2) is 6.20 Å². The van der Waals surface area contributed by atoms with E-state index in [0.717, 1.165) is 18.0 Å². The van der Waals surface area contributed by atoms with Gasteiger partial charge in [-0.1, -0.05) is 18.1 Å². The number of fused-ring (bicyclic) bond motifs is 1. The molecular weight excluding hydrogens is 228 g/mol. The average Bonchev–Trinajstić information content (AvgIpc) is 2.95. The Labute approximate surface area is 107 Å². The zero-order valence-corrected chi connectivity index (χ0v) is 10.8. The maximum atomic E-state index is 12.2. The van der Waals surface area contributed by atoms with Crippen molar-refractivity contribution in [1.29, 1.82) is 0 Å². The van der Waals surface area contributed by atoms with Crippen molar-refractivity contribution < 1.29 is 4.79 Å². The van der Waals surface area contributed by atoms with Gasteiger partial charge in [-0.3, -0.25) is 9.48 Å². The molecule has 5 heteroatoms. The van der Waals surface area contributed by atoms with E-state index in [1.807, 2.05) is 13.2 Å². The Bertz CT molecular complexity index is 428. The number of hydrogen-bond donors (Lipinski definition) is 1. The van der Waals surface area contributed by atoms with Gasteiger partial charge in [0.05, 0.1) is 18.2 Å². The summed E-state index contributed by atoms with van der Waals surface area (Å²) in [6.45, 7) is 0. The van der Waals surface area contributed by atoms with Gasteiger partial charge in [-0.25, -0.2) is 0 Å². The first-order valence-electron chi connectivity index (χ1n) is 6.86. The molecular formula is C13H20N4O. The second kappa shape index (κ2) is 4.80. The highest BCUT2D eigenvalue weighted by Gasteiger charge is 2.37. The molecule has 3 unspecified atom stereocenters. The van der Waals surface area contributed by atoms with Crippen LogP contribution in [0.4, 0.5) is 0 Å². The third-order valence-electron chi connectivity index (χ3n) is 4.26. The second-order valence-electron chi connectivity index (χ2n) is 5.63. The Kier molecular flexibility index (Phi) is 3.16. The van der Waals surface area contributed by atoms with E-state index in [1.54, 1.807) is 4.68 Å². The Morgan fingerprint density at radius 1 is 1.50 bits per heavy atom. The van der Waals surface area contributed by atoms with Gasteiger partial charge in [-0.2, -0.15) is 0 Å². The third kappa shape index (κ3) is 2.32. The van der Waals surface area contributed by atoms with Crippen molar-refractivity contribution in [2.75, 3.05) is 0 Å². The normalized spacial score (nSPS) is 31.3. The van der Waals surface area contributed by atoms with Crippen molar-refractivity contribution in [1.82, 2.24) is 20.3 Å². The summed E-state index contributed by atoms with van der Waals surface area (Å²) in [4.78, 5) is 12.2. The molecule has 3 rings (SSSR count). The molecule has 1 N–H and O–H groups in total. The molecule has 1 aliphatic heterocycles. The number of carbonyl (C=O) groups is 1. The molecule has 2 fully saturated rings. The van der Waals surface area contributed by atoms with Crippen LogP contribution in [-0.2, 0) is 18.3 Å². The van der Waals surface area contributed by atoms with E-state index in [0.29, 0.717) is 12.5 Å². The van der Waals surface area contributed by atoms with Crippen molar-refractivity contribution in [3.8, 4) is 0 Å². The van der Waals surface area contributed by atoms with Crippen LogP contribution in [0.25, 0.3) is 0 Å². The zero-order chi connectivity index (χ0) is 12.5. The molecule has 18 heavy (non-hydrogen) atoms. The first kappa shape index (κ1) is 11.8. The van der Waals surface area contributed by atoms with Gasteiger partial charge >= 0.3 is 0 Å². The molecule has 1 saturated heterocycles. The molecule has 1 saturated carbocycles. The van der Waals surface area contributed by atoms with Crippen molar-refractivity contribution in [2.45, 2.75) is 50.6 Å². The maximum absolute atomic E-state index is 12.2. The van der Waals surface area contributed by atoms with Gasteiger partial charge in [0.25, 0.3) is 0 Å². The number of nitrogens with zero attached hydrogens (tertiary/aromatic N) is 3. The van der Waals surface area contributed by atoms with Crippen LogP contribution in [0.1, 0.15) is 37.8 Å². The maximum Gasteiger partial charge on any atom is 0.155 e. The van der Waals surface area contributed by atoms with E-state index in [4.69, 9.17) is 0 Å². The van der Waals surface area contributed by atoms with Crippen LogP contribution in [0.5, 0.6) is 0 Å². The first-order valence-corrected chi connectivity index (χ1v) is 6.86. The van der Waals surface area contributed by atoms with Gasteiger partial charge in [0.1, 0.15) is 0 Å². The molecule has 0 amide bonds. The molecule has 3 atom stereocenters. The van der Waals surface area contributed by atoms with E-state index >= 15 is 0 Å². The van der Waals surface area contributed by atoms with Gasteiger partial charge in [-0.15, -0.1) is 5.10 Å². The predicted octanol–water partition coefficient (Wildman–Crippen LogP) is 0.847. The quantitative estimate of drug-likeness (QED) is 0.861. The van der Waals surface area contributed by atoms with Crippen molar-refractivity contribution in [2.24, 2.45) is 13.0 Å². The molecule has 0 bridgehead atoms. The van der Waals surface area contributed by atoms with Crippen LogP contribution < -0.4 is 5.32 Å². The summed E-state index contributed by atoms with van der Waals surface area (Å²) < 4.78 is 1.64. The lowest BCUT2D eigenvalue weighted by atomic mass is 9.84. The lowest BCUT2D eigenvalue weighted by Crippen LogP contribution is -2.37. The zero-order valence-electron chi connectivity index (χ0n) is 10.8. The Hall–Kier alpha value is -1.23. The molecule has 1 aliphatic carbocycles. The highest BCUT2D eigenvalue weighted by atomic mass is 16.1. The minimum absolute atomic E-state index is 0.0418. The summed E-state index contributed by atoms with van der Waals surface area (Å²) in [6, 6.07) is 0.620. The summed E-state index contributed by atoms with van der Waals surface area (Å²) in [5.41, 5.74) is 0.777. The third-order valence-corrected chi connectivity index (χ3v) is 4.26. The summed E-state index contributed by atoms with van der Waals surface area (Å²) in [6.07, 6.45) is 8.40. The predicted molar refractivity (Wildman–Crippen MR) is 67.0 cm³/mol. The summed E-state index contributed by atoms with van der Waals surface area (Å²) in [5.74, 6) is 0.986. The number of aromatic nitrogens is 3. The molecule has 0 spiro atoms. The monoisotopic (exact) mass is 248 g/mol. The molecule has 1 aromatic rings. The van der Waals surface area contributed by atoms with Crippen molar-refractivity contribution >= 4 is 5.78 Å². The number of carbonyl (C=O) groups excluding carboxylic acids is 1. The van der Waals surface area contributed by atoms with E-state index in [1.165, 1.54) is 25.7 Å². The van der Waals surface area contributed by atoms with Gasteiger partial charge < -0.3 is 5.32 Å². The number of nitrogens with one attached hydrogen (secondary N) is 1. The molecule has 98 valence electrons. The SMILES string of the molecule is Cn1cc(CC(=O)C2CC3CCCCC3N2)nn1. The smallest absolute Gasteiger partial charge is 0.155 e. The van der Waals surface area contributed by atoms with Gasteiger partial charge in [0, 0.05) is 19.3 Å². The molecule has 5 nitrogen and oxygen atoms in total. The molecule has 1 aromatic heterocycles. The van der Waals surface area contributed by atoms with Crippen molar-refractivity contribution in [3.05, 3.63) is 11.9 Å². The largest absolute Gasteiger partial charge is 0.304 e. The lowest BCUT2D eigenvalue weighted by Gasteiger charge is -2.24. The summed E-state index contributed by atoms with van der Waals surface area (Å²) >= 11 is 0. The topological polar surface area (TPSA) is 59.8 Å². The molecule has 0 radical (unpaired) electrons. The Morgan fingerprint density at radius 3 is 3.06 bits per heavy atom. The Morgan fingerprint density at radius 2 is 2.33 bits per heavy atom. The minimum atomic E-state index is 0.0418. The van der Waals surface area contributed by atoms with Gasteiger partial charge in [0.15, 0.2) is 5.78 Å². The lowest BCUT2D eigenvalue weighted by molar-refractivity contribution is -0.120. The summed E-state index contributed by atoms with van der Waals surface area (Å²) in [7, 11) is 1.82. The number of aryl methyl sites for hydroxylation is 1. The van der Waals surface area contributed by atoms with E-state index in [2.05, 4.69) is 15.6 Å². The van der Waals surface area contributed by atoms with Crippen LogP contribution in [0, 0.1) is 5.92 Å². The highest BCUT2D eigenvalue weighted by molar-refractivity contribution is 5.86. The molecule has 2 heterocycles. The van der Waals surface area contributed by atoms with E-state index in [9.17, 15) is 4.79 Å². The number of ketones is 1. The molecule has 2 aliphatic rings. The fraction of sp³-hybridized carbons (Fsp3) is 0.769. The standard InChI is InChI=1S/C13H20N4O/c1-17-8-10(15-16-17)7-13(18)12-6-9-4-2-3-5-11(9)14-12/h8-9,11-12,14H,2-7H2,1H3. The van der Waals surface area contributed by atoms with Crippen LogP contribution in [0.3, 0.4) is 0 Å². The van der Waals surface area contributed by atoms with Gasteiger partial charge in [-0.05, 0) is 25.2 Å². The minimum Gasteiger partial charge on any atom is -0.304 e. The Balaban J connectivity index is 1.60. The first-order chi connectivity index (χ1) is 8.72. The van der Waals surface area contributed by atoms with Crippen LogP contribution in [0.2, 0.25) is 0 Å². The van der Waals surface area contributed by atoms with Crippen LogP contribution >= 0.6 is 0 Å². The number of hydrogen-bond acceptors (Lipinski definition) is 4. The fourth-order valence-corrected chi connectivity index (χ4v) is 3.34. The number of Topliss-reactive ketones (excluding diaryl/α,β-unsaturated/α-hetero) is 1.